The number of sulfonamides is 1. The molecule has 0 amide bonds. The fourth-order valence-electron chi connectivity index (χ4n) is 4.08. The summed E-state index contributed by atoms with van der Waals surface area (Å²) in [4.78, 5) is 3.37. The number of pyridine rings is 1. The maximum atomic E-state index is 13.4. The van der Waals surface area contributed by atoms with Gasteiger partial charge >= 0.3 is 6.18 Å². The predicted molar refractivity (Wildman–Crippen MR) is 120 cm³/mol. The van der Waals surface area contributed by atoms with Gasteiger partial charge in [-0.1, -0.05) is 18.2 Å². The van der Waals surface area contributed by atoms with Crippen molar-refractivity contribution in [2.75, 3.05) is 24.5 Å². The molecule has 0 saturated carbocycles. The van der Waals surface area contributed by atoms with Gasteiger partial charge in [-0.25, -0.2) is 13.4 Å². The molecule has 1 saturated heterocycles. The molecule has 0 bridgehead atoms. The van der Waals surface area contributed by atoms with Gasteiger partial charge in [0.05, 0.1) is 30.3 Å². The van der Waals surface area contributed by atoms with Gasteiger partial charge in [-0.15, -0.1) is 0 Å². The molecule has 7 nitrogen and oxygen atoms in total. The van der Waals surface area contributed by atoms with Crippen LogP contribution < -0.4 is 14.2 Å². The Hall–Kier alpha value is -3.38. The van der Waals surface area contributed by atoms with Crippen molar-refractivity contribution in [2.45, 2.75) is 29.5 Å². The van der Waals surface area contributed by atoms with Crippen LogP contribution in [0.15, 0.2) is 59.5 Å². The number of nitrogens with zero attached hydrogens (tertiary/aromatic N) is 1. The van der Waals surface area contributed by atoms with E-state index < -0.39 is 27.7 Å². The maximum Gasteiger partial charge on any atom is 0.416 e. The highest BCUT2D eigenvalue weighted by molar-refractivity contribution is 7.92. The lowest BCUT2D eigenvalue weighted by Crippen LogP contribution is -2.39. The second-order valence-electron chi connectivity index (χ2n) is 8.37. The molecule has 0 spiro atoms. The van der Waals surface area contributed by atoms with Crippen LogP contribution >= 0.6 is 0 Å². The highest BCUT2D eigenvalue weighted by atomic mass is 32.2. The third-order valence-corrected chi connectivity index (χ3v) is 7.26. The van der Waals surface area contributed by atoms with Gasteiger partial charge in [-0.05, 0) is 36.8 Å². The smallest absolute Gasteiger partial charge is 0.416 e. The Labute approximate surface area is 204 Å². The van der Waals surface area contributed by atoms with Crippen molar-refractivity contribution in [3.63, 3.8) is 0 Å². The summed E-state index contributed by atoms with van der Waals surface area (Å²) in [6, 6.07) is 11.3. The molecule has 1 N–H and O–H groups in total. The third kappa shape index (κ3) is 4.96. The van der Waals surface area contributed by atoms with Gasteiger partial charge in [-0.2, -0.15) is 17.6 Å². The van der Waals surface area contributed by atoms with Crippen molar-refractivity contribution in [3.8, 4) is 11.5 Å². The zero-order valence-corrected chi connectivity index (χ0v) is 19.4. The maximum absolute atomic E-state index is 13.4. The summed E-state index contributed by atoms with van der Waals surface area (Å²) >= 11 is 0. The van der Waals surface area contributed by atoms with E-state index in [1.807, 2.05) is 0 Å². The van der Waals surface area contributed by atoms with Gasteiger partial charge in [0.15, 0.2) is 0 Å². The largest absolute Gasteiger partial charge is 0.493 e. The first-order valence-electron chi connectivity index (χ1n) is 11.0. The highest BCUT2D eigenvalue weighted by Gasteiger charge is 2.34. The zero-order valence-electron chi connectivity index (χ0n) is 18.6. The number of hydrogen-bond acceptors (Lipinski definition) is 6. The van der Waals surface area contributed by atoms with Crippen LogP contribution in [-0.4, -0.2) is 39.3 Å². The number of hydrogen-bond donors (Lipinski definition) is 1. The molecule has 1 aromatic heterocycles. The van der Waals surface area contributed by atoms with Gasteiger partial charge in [0.1, 0.15) is 23.4 Å². The molecule has 190 valence electrons. The normalized spacial score (nSPS) is 18.1. The average molecular weight is 524 g/mol. The molecule has 2 aromatic carbocycles. The molecule has 0 radical (unpaired) electrons. The van der Waals surface area contributed by atoms with Gasteiger partial charge in [0.25, 0.3) is 10.0 Å². The highest BCUT2D eigenvalue weighted by Crippen LogP contribution is 2.44. The first-order chi connectivity index (χ1) is 17.1. The van der Waals surface area contributed by atoms with Gasteiger partial charge < -0.3 is 14.2 Å². The zero-order chi connectivity index (χ0) is 25.5. The molecular formula is C24H20F4N2O5S. The Morgan fingerprint density at radius 1 is 1.03 bits per heavy atom. The molecule has 1 atom stereocenters. The lowest BCUT2D eigenvalue weighted by Gasteiger charge is -2.31. The minimum atomic E-state index is -4.53. The van der Waals surface area contributed by atoms with E-state index in [0.717, 1.165) is 18.2 Å². The van der Waals surface area contributed by atoms with Crippen LogP contribution in [0.3, 0.4) is 0 Å². The Bertz CT molecular complexity index is 1390. The number of aromatic nitrogens is 1. The molecule has 2 aliphatic heterocycles. The van der Waals surface area contributed by atoms with E-state index >= 15 is 0 Å². The molecule has 5 rings (SSSR count). The van der Waals surface area contributed by atoms with Gasteiger partial charge in [0, 0.05) is 23.1 Å². The molecule has 1 unspecified atom stereocenters. The Morgan fingerprint density at radius 2 is 1.81 bits per heavy atom. The van der Waals surface area contributed by atoms with Crippen LogP contribution in [0.5, 0.6) is 11.5 Å². The number of fused-ring (bicyclic) bond motifs is 1. The number of halogens is 4. The summed E-state index contributed by atoms with van der Waals surface area (Å²) in [5.74, 6) is -1.03. The predicted octanol–water partition coefficient (Wildman–Crippen LogP) is 4.73. The van der Waals surface area contributed by atoms with Crippen molar-refractivity contribution in [1.29, 1.82) is 0 Å². The second kappa shape index (κ2) is 9.25. The van der Waals surface area contributed by atoms with E-state index in [1.165, 1.54) is 30.3 Å². The molecule has 36 heavy (non-hydrogen) atoms. The van der Waals surface area contributed by atoms with Crippen LogP contribution in [0.1, 0.15) is 29.0 Å². The molecule has 2 aliphatic rings. The van der Waals surface area contributed by atoms with Gasteiger partial charge in [0.2, 0.25) is 5.95 Å². The van der Waals surface area contributed by atoms with E-state index in [9.17, 15) is 26.0 Å². The summed E-state index contributed by atoms with van der Waals surface area (Å²) in [5.41, 5.74) is 0.322. The Morgan fingerprint density at radius 3 is 2.50 bits per heavy atom. The topological polar surface area (TPSA) is 86.8 Å². The molecule has 12 heteroatoms. The quantitative estimate of drug-likeness (QED) is 0.371. The van der Waals surface area contributed by atoms with Crippen LogP contribution in [0.4, 0.5) is 23.4 Å². The van der Waals surface area contributed by atoms with E-state index in [-0.39, 0.29) is 54.1 Å². The van der Waals surface area contributed by atoms with Crippen molar-refractivity contribution < 1.29 is 40.2 Å². The lowest BCUT2D eigenvalue weighted by atomic mass is 9.85. The number of anilines is 1. The fraction of sp³-hybridized carbons (Fsp3) is 0.292. The number of alkyl halides is 3. The molecule has 1 fully saturated rings. The number of benzene rings is 2. The average Bonchev–Trinajstić information content (AvgIpc) is 2.80. The standard InChI is InChI=1S/C24H20F4N2O5S/c25-22-2-1-3-23(29-22)30-36(31,32)16-5-7-18-17(8-9-34-20(18)11-16)19-6-4-14(24(26,27)28)10-21(19)35-15-12-33-13-15/h1-7,10-11,15,17H,8-9,12-13H2,(H,29,30). The van der Waals surface area contributed by atoms with Crippen molar-refractivity contribution in [3.05, 3.63) is 77.2 Å². The second-order valence-corrected chi connectivity index (χ2v) is 10.1. The number of nitrogens with one attached hydrogen (secondary N) is 1. The molecule has 0 aliphatic carbocycles. The van der Waals surface area contributed by atoms with Gasteiger partial charge in [-0.3, -0.25) is 4.72 Å². The number of ether oxygens (including phenoxy) is 3. The van der Waals surface area contributed by atoms with E-state index in [0.29, 0.717) is 17.5 Å². The summed E-state index contributed by atoms with van der Waals surface area (Å²) in [6.45, 7) is 0.788. The van der Waals surface area contributed by atoms with E-state index in [2.05, 4.69) is 9.71 Å². The van der Waals surface area contributed by atoms with Crippen LogP contribution in [0.25, 0.3) is 0 Å². The third-order valence-electron chi connectivity index (χ3n) is 5.91. The molecule has 3 heterocycles. The number of rotatable bonds is 6. The van der Waals surface area contributed by atoms with Crippen molar-refractivity contribution in [1.82, 2.24) is 4.98 Å². The lowest BCUT2D eigenvalue weighted by molar-refractivity contribution is -0.138. The first-order valence-corrected chi connectivity index (χ1v) is 12.5. The van der Waals surface area contributed by atoms with E-state index in [1.54, 1.807) is 6.07 Å². The Balaban J connectivity index is 1.48. The SMILES string of the molecule is O=S(=O)(Nc1cccc(F)n1)c1ccc2c(c1)OCCC2c1ccc(C(F)(F)F)cc1OC1COC1. The van der Waals surface area contributed by atoms with Crippen molar-refractivity contribution >= 4 is 15.8 Å². The molecule has 3 aromatic rings. The fourth-order valence-corrected chi connectivity index (χ4v) is 5.10. The first kappa shape index (κ1) is 24.3. The minimum absolute atomic E-state index is 0.103. The molecular weight excluding hydrogens is 504 g/mol. The summed E-state index contributed by atoms with van der Waals surface area (Å²) in [6.07, 6.45) is -4.43. The minimum Gasteiger partial charge on any atom is -0.493 e. The van der Waals surface area contributed by atoms with Crippen LogP contribution in [0.2, 0.25) is 0 Å². The van der Waals surface area contributed by atoms with Crippen LogP contribution in [0, 0.1) is 5.95 Å². The monoisotopic (exact) mass is 524 g/mol. The van der Waals surface area contributed by atoms with Crippen molar-refractivity contribution in [2.24, 2.45) is 0 Å². The van der Waals surface area contributed by atoms with Crippen LogP contribution in [-0.2, 0) is 20.9 Å². The van der Waals surface area contributed by atoms with E-state index in [4.69, 9.17) is 14.2 Å². The Kier molecular flexibility index (Phi) is 6.25. The summed E-state index contributed by atoms with van der Waals surface area (Å²) in [7, 11) is -4.11. The summed E-state index contributed by atoms with van der Waals surface area (Å²) in [5, 5.41) is 0. The summed E-state index contributed by atoms with van der Waals surface area (Å²) < 4.78 is 97.9.